The predicted octanol–water partition coefficient (Wildman–Crippen LogP) is 2.27. The van der Waals surface area contributed by atoms with Crippen LogP contribution in [-0.2, 0) is 6.42 Å². The van der Waals surface area contributed by atoms with E-state index in [1.54, 1.807) is 0 Å². The zero-order valence-corrected chi connectivity index (χ0v) is 8.90. The van der Waals surface area contributed by atoms with Gasteiger partial charge in [0.15, 0.2) is 0 Å². The van der Waals surface area contributed by atoms with Crippen molar-refractivity contribution in [3.63, 3.8) is 0 Å². The van der Waals surface area contributed by atoms with Crippen LogP contribution in [0.1, 0.15) is 25.3 Å². The highest BCUT2D eigenvalue weighted by atomic mass is 16.3. The molecule has 0 bridgehead atoms. The third kappa shape index (κ3) is 2.36. The van der Waals surface area contributed by atoms with E-state index in [4.69, 9.17) is 0 Å². The maximum atomic E-state index is 9.70. The molecule has 0 saturated carbocycles. The lowest BCUT2D eigenvalue weighted by molar-refractivity contribution is 0.164. The fraction of sp³-hybridized carbons (Fsp3) is 0.417. The maximum absolute atomic E-state index is 9.70. The highest BCUT2D eigenvalue weighted by molar-refractivity contribution is 5.78. The summed E-state index contributed by atoms with van der Waals surface area (Å²) in [7, 11) is 0. The molecule has 0 aliphatic heterocycles. The number of rotatable bonds is 4. The minimum atomic E-state index is -0.223. The van der Waals surface area contributed by atoms with Crippen molar-refractivity contribution in [1.82, 2.24) is 10.2 Å². The molecule has 3 nitrogen and oxygen atoms in total. The number of benzene rings is 1. The van der Waals surface area contributed by atoms with Gasteiger partial charge in [0.2, 0.25) is 0 Å². The van der Waals surface area contributed by atoms with E-state index in [9.17, 15) is 5.11 Å². The third-order valence-electron chi connectivity index (χ3n) is 2.60. The molecule has 1 aromatic carbocycles. The molecular weight excluding hydrogens is 188 g/mol. The molecule has 15 heavy (non-hydrogen) atoms. The van der Waals surface area contributed by atoms with Crippen LogP contribution in [0.3, 0.4) is 0 Å². The van der Waals surface area contributed by atoms with Gasteiger partial charge in [-0.3, -0.25) is 5.10 Å². The molecule has 0 aliphatic rings. The highest BCUT2D eigenvalue weighted by Gasteiger charge is 2.05. The summed E-state index contributed by atoms with van der Waals surface area (Å²) in [5.41, 5.74) is 2.22. The Bertz CT molecular complexity index is 436. The van der Waals surface area contributed by atoms with Gasteiger partial charge in [-0.1, -0.05) is 19.4 Å². The van der Waals surface area contributed by atoms with Crippen LogP contribution < -0.4 is 0 Å². The monoisotopic (exact) mass is 204 g/mol. The van der Waals surface area contributed by atoms with Gasteiger partial charge >= 0.3 is 0 Å². The van der Waals surface area contributed by atoms with E-state index in [1.807, 2.05) is 18.3 Å². The number of aromatic amines is 1. The average molecular weight is 204 g/mol. The Morgan fingerprint density at radius 3 is 3.13 bits per heavy atom. The molecule has 0 radical (unpaired) electrons. The van der Waals surface area contributed by atoms with E-state index in [0.717, 1.165) is 30.2 Å². The van der Waals surface area contributed by atoms with Crippen LogP contribution in [-0.4, -0.2) is 21.4 Å². The molecule has 0 saturated heterocycles. The Morgan fingerprint density at radius 1 is 1.47 bits per heavy atom. The van der Waals surface area contributed by atoms with Crippen molar-refractivity contribution in [2.75, 3.05) is 0 Å². The molecule has 80 valence electrons. The molecule has 1 heterocycles. The summed E-state index contributed by atoms with van der Waals surface area (Å²) in [6.07, 6.45) is 4.21. The molecule has 1 aromatic heterocycles. The van der Waals surface area contributed by atoms with Gasteiger partial charge < -0.3 is 5.11 Å². The molecular formula is C12H16N2O. The Balaban J connectivity index is 2.14. The van der Waals surface area contributed by atoms with Crippen molar-refractivity contribution in [3.05, 3.63) is 30.0 Å². The number of H-pyrrole nitrogens is 1. The average Bonchev–Trinajstić information content (AvgIpc) is 2.65. The van der Waals surface area contributed by atoms with E-state index in [0.29, 0.717) is 0 Å². The van der Waals surface area contributed by atoms with E-state index in [1.165, 1.54) is 5.56 Å². The lowest BCUT2D eigenvalue weighted by atomic mass is 10.0. The van der Waals surface area contributed by atoms with Crippen LogP contribution in [0, 0.1) is 0 Å². The van der Waals surface area contributed by atoms with Crippen molar-refractivity contribution >= 4 is 10.9 Å². The summed E-state index contributed by atoms with van der Waals surface area (Å²) in [5.74, 6) is 0. The van der Waals surface area contributed by atoms with Crippen molar-refractivity contribution < 1.29 is 5.11 Å². The van der Waals surface area contributed by atoms with Crippen LogP contribution in [0.25, 0.3) is 10.9 Å². The molecule has 2 N–H and O–H groups in total. The van der Waals surface area contributed by atoms with Gasteiger partial charge in [0.1, 0.15) is 0 Å². The zero-order valence-electron chi connectivity index (χ0n) is 8.90. The summed E-state index contributed by atoms with van der Waals surface area (Å²) < 4.78 is 0. The predicted molar refractivity (Wildman–Crippen MR) is 60.7 cm³/mol. The number of nitrogens with zero attached hydrogens (tertiary/aromatic N) is 1. The fourth-order valence-electron chi connectivity index (χ4n) is 1.83. The largest absolute Gasteiger partial charge is 0.393 e. The fourth-order valence-corrected chi connectivity index (χ4v) is 1.83. The summed E-state index contributed by atoms with van der Waals surface area (Å²) >= 11 is 0. The van der Waals surface area contributed by atoms with Gasteiger partial charge in [0.25, 0.3) is 0 Å². The number of nitrogens with one attached hydrogen (secondary N) is 1. The van der Waals surface area contributed by atoms with Crippen LogP contribution in [0.15, 0.2) is 24.4 Å². The Kier molecular flexibility index (Phi) is 3.02. The van der Waals surface area contributed by atoms with Crippen LogP contribution in [0.4, 0.5) is 0 Å². The normalized spacial score (nSPS) is 13.2. The van der Waals surface area contributed by atoms with Gasteiger partial charge in [-0.25, -0.2) is 0 Å². The Labute approximate surface area is 89.1 Å². The van der Waals surface area contributed by atoms with Gasteiger partial charge in [-0.2, -0.15) is 5.10 Å². The molecule has 0 aliphatic carbocycles. The summed E-state index contributed by atoms with van der Waals surface area (Å²) in [6.45, 7) is 2.09. The maximum Gasteiger partial charge on any atom is 0.0650 e. The van der Waals surface area contributed by atoms with Crippen LogP contribution >= 0.6 is 0 Å². The molecule has 0 amide bonds. The number of hydrogen-bond donors (Lipinski definition) is 2. The number of aliphatic hydroxyl groups is 1. The van der Waals surface area contributed by atoms with Crippen molar-refractivity contribution in [1.29, 1.82) is 0 Å². The second-order valence-corrected chi connectivity index (χ2v) is 3.94. The Hall–Kier alpha value is -1.35. The molecule has 0 fully saturated rings. The second-order valence-electron chi connectivity index (χ2n) is 3.94. The van der Waals surface area contributed by atoms with Crippen LogP contribution in [0.5, 0.6) is 0 Å². The first-order chi connectivity index (χ1) is 7.29. The standard InChI is InChI=1S/C12H16N2O/c1-2-3-11(15)7-9-4-5-12-10(6-9)8-13-14-12/h4-6,8,11,15H,2-3,7H2,1H3,(H,13,14). The third-order valence-corrected chi connectivity index (χ3v) is 2.60. The van der Waals surface area contributed by atoms with E-state index in [-0.39, 0.29) is 6.10 Å². The van der Waals surface area contributed by atoms with Crippen molar-refractivity contribution in [3.8, 4) is 0 Å². The molecule has 2 rings (SSSR count). The van der Waals surface area contributed by atoms with Gasteiger partial charge in [-0.15, -0.1) is 0 Å². The first-order valence-electron chi connectivity index (χ1n) is 5.39. The SMILES string of the molecule is CCCC(O)Cc1ccc2[nH]ncc2c1. The minimum Gasteiger partial charge on any atom is -0.393 e. The molecule has 1 atom stereocenters. The van der Waals surface area contributed by atoms with E-state index in [2.05, 4.69) is 23.2 Å². The number of fused-ring (bicyclic) bond motifs is 1. The lowest BCUT2D eigenvalue weighted by Gasteiger charge is -2.08. The molecule has 3 heteroatoms. The van der Waals surface area contributed by atoms with Crippen molar-refractivity contribution in [2.24, 2.45) is 0 Å². The van der Waals surface area contributed by atoms with Gasteiger partial charge in [0.05, 0.1) is 17.8 Å². The molecule has 2 aromatic rings. The van der Waals surface area contributed by atoms with Gasteiger partial charge in [-0.05, 0) is 30.5 Å². The van der Waals surface area contributed by atoms with E-state index < -0.39 is 0 Å². The van der Waals surface area contributed by atoms with Crippen molar-refractivity contribution in [2.45, 2.75) is 32.3 Å². The first kappa shape index (κ1) is 10.2. The molecule has 0 spiro atoms. The second kappa shape index (κ2) is 4.45. The first-order valence-corrected chi connectivity index (χ1v) is 5.39. The quantitative estimate of drug-likeness (QED) is 0.802. The number of aromatic nitrogens is 2. The summed E-state index contributed by atoms with van der Waals surface area (Å²) in [6, 6.07) is 6.13. The smallest absolute Gasteiger partial charge is 0.0650 e. The Morgan fingerprint density at radius 2 is 2.33 bits per heavy atom. The highest BCUT2D eigenvalue weighted by Crippen LogP contribution is 2.15. The zero-order chi connectivity index (χ0) is 10.7. The van der Waals surface area contributed by atoms with Gasteiger partial charge in [0, 0.05) is 5.39 Å². The molecule has 1 unspecified atom stereocenters. The minimum absolute atomic E-state index is 0.223. The number of hydrogen-bond acceptors (Lipinski definition) is 2. The van der Waals surface area contributed by atoms with Crippen LogP contribution in [0.2, 0.25) is 0 Å². The summed E-state index contributed by atoms with van der Waals surface area (Å²) in [5, 5.41) is 17.7. The topological polar surface area (TPSA) is 48.9 Å². The lowest BCUT2D eigenvalue weighted by Crippen LogP contribution is -2.09. The van der Waals surface area contributed by atoms with E-state index >= 15 is 0 Å². The number of aliphatic hydroxyl groups excluding tert-OH is 1. The summed E-state index contributed by atoms with van der Waals surface area (Å²) in [4.78, 5) is 0.